The Kier molecular flexibility index (Phi) is 6.98. The third kappa shape index (κ3) is 6.90. The van der Waals surface area contributed by atoms with Crippen molar-refractivity contribution < 1.29 is 18.7 Å². The summed E-state index contributed by atoms with van der Waals surface area (Å²) in [5.74, 6) is -0.709. The van der Waals surface area contributed by atoms with Gasteiger partial charge in [-0.15, -0.1) is 0 Å². The van der Waals surface area contributed by atoms with Gasteiger partial charge in [-0.25, -0.2) is 9.18 Å². The first kappa shape index (κ1) is 21.2. The lowest BCUT2D eigenvalue weighted by atomic mass is 10.2. The molecule has 2 N–H and O–H groups in total. The molecule has 0 aliphatic heterocycles. The number of anilines is 3. The molecular formula is C21H26FN3O3. The molecule has 6 nitrogen and oxygen atoms in total. The van der Waals surface area contributed by atoms with Crippen molar-refractivity contribution in [1.29, 1.82) is 0 Å². The first-order valence-electron chi connectivity index (χ1n) is 8.99. The van der Waals surface area contributed by atoms with E-state index < -0.39 is 17.5 Å². The summed E-state index contributed by atoms with van der Waals surface area (Å²) < 4.78 is 18.9. The minimum absolute atomic E-state index is 0.0812. The molecule has 28 heavy (non-hydrogen) atoms. The van der Waals surface area contributed by atoms with Crippen LogP contribution in [0.2, 0.25) is 0 Å². The number of halogens is 1. The number of rotatable bonds is 6. The number of para-hydroxylation sites is 1. The lowest BCUT2D eigenvalue weighted by molar-refractivity contribution is -0.116. The van der Waals surface area contributed by atoms with Crippen molar-refractivity contribution in [3.63, 3.8) is 0 Å². The second-order valence-electron chi connectivity index (χ2n) is 7.38. The molecule has 2 amide bonds. The van der Waals surface area contributed by atoms with E-state index in [9.17, 15) is 14.0 Å². The monoisotopic (exact) mass is 387 g/mol. The second-order valence-corrected chi connectivity index (χ2v) is 7.38. The zero-order valence-electron chi connectivity index (χ0n) is 16.6. The lowest BCUT2D eigenvalue weighted by Crippen LogP contribution is -2.35. The fourth-order valence-electron chi connectivity index (χ4n) is 2.32. The Hall–Kier alpha value is -3.09. The number of nitrogens with one attached hydrogen (secondary N) is 2. The topological polar surface area (TPSA) is 70.7 Å². The van der Waals surface area contributed by atoms with Gasteiger partial charge in [0.15, 0.2) is 0 Å². The van der Waals surface area contributed by atoms with E-state index in [1.807, 2.05) is 30.3 Å². The van der Waals surface area contributed by atoms with Gasteiger partial charge in [-0.05, 0) is 51.1 Å². The summed E-state index contributed by atoms with van der Waals surface area (Å²) in [5.41, 5.74) is 1.07. The molecule has 0 spiro atoms. The van der Waals surface area contributed by atoms with Crippen molar-refractivity contribution in [2.24, 2.45) is 0 Å². The predicted molar refractivity (Wildman–Crippen MR) is 108 cm³/mol. The zero-order chi connectivity index (χ0) is 20.7. The van der Waals surface area contributed by atoms with Gasteiger partial charge in [0.2, 0.25) is 5.91 Å². The molecule has 0 unspecified atom stereocenters. The van der Waals surface area contributed by atoms with Gasteiger partial charge in [0, 0.05) is 25.7 Å². The molecule has 2 aromatic carbocycles. The Morgan fingerprint density at radius 2 is 1.75 bits per heavy atom. The number of carbonyl (C=O) groups excluding carboxylic acids is 2. The highest BCUT2D eigenvalue weighted by Gasteiger charge is 2.20. The van der Waals surface area contributed by atoms with Crippen LogP contribution in [0.5, 0.6) is 0 Å². The molecule has 0 radical (unpaired) electrons. The summed E-state index contributed by atoms with van der Waals surface area (Å²) in [6, 6.07) is 13.3. The van der Waals surface area contributed by atoms with Crippen LogP contribution in [0.25, 0.3) is 0 Å². The van der Waals surface area contributed by atoms with Gasteiger partial charge in [-0.2, -0.15) is 0 Å². The first-order valence-corrected chi connectivity index (χ1v) is 8.99. The van der Waals surface area contributed by atoms with Crippen molar-refractivity contribution in [1.82, 2.24) is 4.90 Å². The molecule has 0 saturated heterocycles. The van der Waals surface area contributed by atoms with Crippen LogP contribution in [0.4, 0.5) is 26.2 Å². The molecule has 0 heterocycles. The van der Waals surface area contributed by atoms with Gasteiger partial charge in [0.25, 0.3) is 0 Å². The van der Waals surface area contributed by atoms with Crippen LogP contribution in [-0.2, 0) is 9.53 Å². The summed E-state index contributed by atoms with van der Waals surface area (Å²) in [7, 11) is 1.57. The largest absolute Gasteiger partial charge is 0.444 e. The van der Waals surface area contributed by atoms with Gasteiger partial charge in [0.1, 0.15) is 11.4 Å². The SMILES string of the molecule is CN(CCC(=O)Nc1ccc(F)cc1Nc1ccccc1)C(=O)OC(C)(C)C. The van der Waals surface area contributed by atoms with Crippen LogP contribution in [0.3, 0.4) is 0 Å². The normalized spacial score (nSPS) is 10.9. The van der Waals surface area contributed by atoms with E-state index >= 15 is 0 Å². The maximum absolute atomic E-state index is 13.7. The van der Waals surface area contributed by atoms with Gasteiger partial charge in [0.05, 0.1) is 11.4 Å². The number of carbonyl (C=O) groups is 2. The number of nitrogens with zero attached hydrogens (tertiary/aromatic N) is 1. The number of benzene rings is 2. The molecule has 0 fully saturated rings. The smallest absolute Gasteiger partial charge is 0.410 e. The van der Waals surface area contributed by atoms with Crippen molar-refractivity contribution in [2.75, 3.05) is 24.2 Å². The van der Waals surface area contributed by atoms with E-state index in [-0.39, 0.29) is 18.9 Å². The molecule has 0 aliphatic rings. The van der Waals surface area contributed by atoms with Gasteiger partial charge < -0.3 is 20.3 Å². The van der Waals surface area contributed by atoms with Gasteiger partial charge >= 0.3 is 6.09 Å². The van der Waals surface area contributed by atoms with Crippen LogP contribution >= 0.6 is 0 Å². The summed E-state index contributed by atoms with van der Waals surface area (Å²) in [6.45, 7) is 5.53. The van der Waals surface area contributed by atoms with Crippen LogP contribution < -0.4 is 10.6 Å². The van der Waals surface area contributed by atoms with Gasteiger partial charge in [-0.1, -0.05) is 18.2 Å². The van der Waals surface area contributed by atoms with E-state index in [1.54, 1.807) is 27.8 Å². The fourth-order valence-corrected chi connectivity index (χ4v) is 2.32. The molecule has 0 aromatic heterocycles. The first-order chi connectivity index (χ1) is 13.1. The zero-order valence-corrected chi connectivity index (χ0v) is 16.6. The molecule has 0 bridgehead atoms. The number of amides is 2. The third-order valence-corrected chi connectivity index (χ3v) is 3.69. The average molecular weight is 387 g/mol. The van der Waals surface area contributed by atoms with E-state index in [1.165, 1.54) is 23.1 Å². The molecule has 0 saturated carbocycles. The maximum atomic E-state index is 13.7. The van der Waals surface area contributed by atoms with Crippen LogP contribution in [0.1, 0.15) is 27.2 Å². The summed E-state index contributed by atoms with van der Waals surface area (Å²) >= 11 is 0. The van der Waals surface area contributed by atoms with Crippen molar-refractivity contribution in [3.05, 3.63) is 54.3 Å². The predicted octanol–water partition coefficient (Wildman–Crippen LogP) is 4.76. The van der Waals surface area contributed by atoms with Crippen LogP contribution in [-0.4, -0.2) is 36.1 Å². The van der Waals surface area contributed by atoms with Crippen molar-refractivity contribution in [2.45, 2.75) is 32.8 Å². The average Bonchev–Trinajstić information content (AvgIpc) is 2.61. The Labute approximate surface area is 164 Å². The molecule has 0 aliphatic carbocycles. The Morgan fingerprint density at radius 3 is 2.39 bits per heavy atom. The van der Waals surface area contributed by atoms with E-state index in [0.29, 0.717) is 11.4 Å². The van der Waals surface area contributed by atoms with Crippen LogP contribution in [0.15, 0.2) is 48.5 Å². The molecule has 150 valence electrons. The Morgan fingerprint density at radius 1 is 1.07 bits per heavy atom. The van der Waals surface area contributed by atoms with E-state index in [4.69, 9.17) is 4.74 Å². The fraction of sp³-hybridized carbons (Fsp3) is 0.333. The van der Waals surface area contributed by atoms with Crippen molar-refractivity contribution >= 4 is 29.1 Å². The lowest BCUT2D eigenvalue weighted by Gasteiger charge is -2.24. The summed E-state index contributed by atoms with van der Waals surface area (Å²) in [4.78, 5) is 25.6. The maximum Gasteiger partial charge on any atom is 0.410 e. The number of hydrogen-bond donors (Lipinski definition) is 2. The Balaban J connectivity index is 1.97. The minimum Gasteiger partial charge on any atom is -0.444 e. The second kappa shape index (κ2) is 9.21. The third-order valence-electron chi connectivity index (χ3n) is 3.69. The molecule has 2 aromatic rings. The Bertz CT molecular complexity index is 819. The van der Waals surface area contributed by atoms with E-state index in [2.05, 4.69) is 10.6 Å². The quantitative estimate of drug-likeness (QED) is 0.749. The van der Waals surface area contributed by atoms with E-state index in [0.717, 1.165) is 5.69 Å². The van der Waals surface area contributed by atoms with Crippen molar-refractivity contribution in [3.8, 4) is 0 Å². The highest BCUT2D eigenvalue weighted by molar-refractivity contribution is 5.95. The summed E-state index contributed by atoms with van der Waals surface area (Å²) in [6.07, 6.45) is -0.411. The molecular weight excluding hydrogens is 361 g/mol. The molecule has 2 rings (SSSR count). The number of hydrogen-bond acceptors (Lipinski definition) is 4. The molecule has 0 atom stereocenters. The highest BCUT2D eigenvalue weighted by Crippen LogP contribution is 2.26. The summed E-state index contributed by atoms with van der Waals surface area (Å²) in [5, 5.41) is 5.84. The standard InChI is InChI=1S/C21H26FN3O3/c1-21(2,3)28-20(27)25(4)13-12-19(26)24-17-11-10-15(22)14-18(17)23-16-8-6-5-7-9-16/h5-11,14,23H,12-13H2,1-4H3,(H,24,26). The van der Waals surface area contributed by atoms with Crippen LogP contribution in [0, 0.1) is 5.82 Å². The van der Waals surface area contributed by atoms with Gasteiger partial charge in [-0.3, -0.25) is 4.79 Å². The molecule has 7 heteroatoms. The highest BCUT2D eigenvalue weighted by atomic mass is 19.1. The number of ether oxygens (including phenoxy) is 1. The minimum atomic E-state index is -0.597.